The van der Waals surface area contributed by atoms with E-state index in [0.29, 0.717) is 48.2 Å². The van der Waals surface area contributed by atoms with Gasteiger partial charge in [-0.05, 0) is 43.0 Å². The lowest BCUT2D eigenvalue weighted by Gasteiger charge is -2.29. The minimum absolute atomic E-state index is 0.0175. The molecule has 0 radical (unpaired) electrons. The van der Waals surface area contributed by atoms with Crippen LogP contribution in [0.4, 0.5) is 0 Å². The first-order valence-electron chi connectivity index (χ1n) is 12.1. The predicted octanol–water partition coefficient (Wildman–Crippen LogP) is 4.34. The highest BCUT2D eigenvalue weighted by Gasteiger charge is 2.27. The second-order valence-corrected chi connectivity index (χ2v) is 9.96. The summed E-state index contributed by atoms with van der Waals surface area (Å²) in [5.41, 5.74) is 0.595. The maximum Gasteiger partial charge on any atom is 0.335 e. The average molecular weight is 492 g/mol. The number of carboxylic acids is 1. The van der Waals surface area contributed by atoms with Crippen LogP contribution in [-0.4, -0.2) is 50.7 Å². The monoisotopic (exact) mass is 491 g/mol. The highest BCUT2D eigenvalue weighted by Crippen LogP contribution is 2.26. The lowest BCUT2D eigenvalue weighted by atomic mass is 9.84. The van der Waals surface area contributed by atoms with Gasteiger partial charge >= 0.3 is 5.97 Å². The minimum atomic E-state index is -1.04. The van der Waals surface area contributed by atoms with Crippen molar-refractivity contribution in [3.05, 3.63) is 75.8 Å². The molecule has 0 bridgehead atoms. The van der Waals surface area contributed by atoms with Crippen LogP contribution in [-0.2, 0) is 11.2 Å². The van der Waals surface area contributed by atoms with E-state index in [9.17, 15) is 19.2 Å². The van der Waals surface area contributed by atoms with E-state index in [1.165, 1.54) is 24.3 Å². The fourth-order valence-corrected chi connectivity index (χ4v) is 4.26. The summed E-state index contributed by atoms with van der Waals surface area (Å²) in [4.78, 5) is 58.4. The molecule has 3 rings (SSSR count). The highest BCUT2D eigenvalue weighted by atomic mass is 16.4. The Bertz CT molecular complexity index is 1310. The third-order valence-corrected chi connectivity index (χ3v) is 6.37. The zero-order valence-corrected chi connectivity index (χ0v) is 21.2. The summed E-state index contributed by atoms with van der Waals surface area (Å²) in [5.74, 6) is -0.905. The SMILES string of the molecule is CCN(CCC(C)C(=O)c1ccc(C(=O)O)cc1)C(=O)CC(C)(C)Cc1nc2ccccc2c(=O)[nH]1. The predicted molar refractivity (Wildman–Crippen MR) is 138 cm³/mol. The molecule has 190 valence electrons. The summed E-state index contributed by atoms with van der Waals surface area (Å²) in [7, 11) is 0. The number of ketones is 1. The number of aromatic carboxylic acids is 1. The number of nitrogens with zero attached hydrogens (tertiary/aromatic N) is 2. The lowest BCUT2D eigenvalue weighted by Crippen LogP contribution is -2.36. The number of fused-ring (bicyclic) bond motifs is 1. The molecule has 0 fully saturated rings. The van der Waals surface area contributed by atoms with Crippen molar-refractivity contribution >= 4 is 28.6 Å². The molecule has 1 heterocycles. The van der Waals surface area contributed by atoms with Crippen LogP contribution in [0.15, 0.2) is 53.3 Å². The maximum atomic E-state index is 13.1. The summed E-state index contributed by atoms with van der Waals surface area (Å²) < 4.78 is 0. The molecule has 0 saturated heterocycles. The summed E-state index contributed by atoms with van der Waals surface area (Å²) in [6, 6.07) is 13.1. The van der Waals surface area contributed by atoms with Crippen molar-refractivity contribution in [2.75, 3.05) is 13.1 Å². The molecule has 1 aromatic heterocycles. The topological polar surface area (TPSA) is 120 Å². The average Bonchev–Trinajstić information content (AvgIpc) is 2.83. The number of benzene rings is 2. The molecule has 0 saturated carbocycles. The molecule has 0 aliphatic rings. The number of carbonyl (C=O) groups is 3. The molecule has 1 unspecified atom stereocenters. The smallest absolute Gasteiger partial charge is 0.335 e. The van der Waals surface area contributed by atoms with Crippen LogP contribution in [0, 0.1) is 11.3 Å². The number of hydrogen-bond donors (Lipinski definition) is 2. The van der Waals surface area contributed by atoms with E-state index in [2.05, 4.69) is 9.97 Å². The summed E-state index contributed by atoms with van der Waals surface area (Å²) in [5, 5.41) is 9.56. The van der Waals surface area contributed by atoms with Gasteiger partial charge in [-0.1, -0.05) is 45.0 Å². The van der Waals surface area contributed by atoms with E-state index in [-0.39, 0.29) is 35.2 Å². The Kier molecular flexibility index (Phi) is 8.40. The van der Waals surface area contributed by atoms with Gasteiger partial charge < -0.3 is 15.0 Å². The van der Waals surface area contributed by atoms with Crippen LogP contribution in [0.1, 0.15) is 67.1 Å². The Morgan fingerprint density at radius 2 is 1.69 bits per heavy atom. The third kappa shape index (κ3) is 6.65. The molecular weight excluding hydrogens is 458 g/mol. The first-order valence-corrected chi connectivity index (χ1v) is 12.1. The van der Waals surface area contributed by atoms with Crippen molar-refractivity contribution in [3.63, 3.8) is 0 Å². The van der Waals surface area contributed by atoms with E-state index in [1.807, 2.05) is 33.8 Å². The second-order valence-electron chi connectivity index (χ2n) is 9.96. The van der Waals surface area contributed by atoms with Crippen LogP contribution in [0.2, 0.25) is 0 Å². The number of Topliss-reactive ketones (excluding diaryl/α,β-unsaturated/α-hetero) is 1. The molecular formula is C28H33N3O5. The number of H-pyrrole nitrogens is 1. The Labute approximate surface area is 210 Å². The van der Waals surface area contributed by atoms with Gasteiger partial charge in [0, 0.05) is 37.4 Å². The summed E-state index contributed by atoms with van der Waals surface area (Å²) in [6.07, 6.45) is 1.22. The lowest BCUT2D eigenvalue weighted by molar-refractivity contribution is -0.133. The molecule has 0 spiro atoms. The van der Waals surface area contributed by atoms with E-state index in [4.69, 9.17) is 5.11 Å². The molecule has 1 atom stereocenters. The van der Waals surface area contributed by atoms with Gasteiger partial charge in [-0.15, -0.1) is 0 Å². The van der Waals surface area contributed by atoms with Gasteiger partial charge in [0.15, 0.2) is 5.78 Å². The zero-order valence-electron chi connectivity index (χ0n) is 21.2. The molecule has 36 heavy (non-hydrogen) atoms. The van der Waals surface area contributed by atoms with Gasteiger partial charge in [0.1, 0.15) is 5.82 Å². The van der Waals surface area contributed by atoms with Crippen LogP contribution in [0.25, 0.3) is 10.9 Å². The molecule has 0 aliphatic carbocycles. The van der Waals surface area contributed by atoms with Crippen molar-refractivity contribution in [1.82, 2.24) is 14.9 Å². The molecule has 1 amide bonds. The van der Waals surface area contributed by atoms with Crippen molar-refractivity contribution in [1.29, 1.82) is 0 Å². The zero-order chi connectivity index (χ0) is 26.5. The first kappa shape index (κ1) is 26.8. The molecule has 2 aromatic carbocycles. The number of aromatic nitrogens is 2. The number of aromatic amines is 1. The second kappa shape index (κ2) is 11.3. The molecule has 0 aliphatic heterocycles. The molecule has 2 N–H and O–H groups in total. The van der Waals surface area contributed by atoms with E-state index >= 15 is 0 Å². The van der Waals surface area contributed by atoms with Crippen LogP contribution < -0.4 is 5.56 Å². The number of hydrogen-bond acceptors (Lipinski definition) is 5. The van der Waals surface area contributed by atoms with Crippen LogP contribution >= 0.6 is 0 Å². The Balaban J connectivity index is 1.59. The van der Waals surface area contributed by atoms with Crippen molar-refractivity contribution in [3.8, 4) is 0 Å². The van der Waals surface area contributed by atoms with E-state index < -0.39 is 11.4 Å². The Morgan fingerprint density at radius 3 is 2.33 bits per heavy atom. The van der Waals surface area contributed by atoms with Crippen LogP contribution in [0.5, 0.6) is 0 Å². The number of amides is 1. The molecule has 8 heteroatoms. The molecule has 8 nitrogen and oxygen atoms in total. The first-order chi connectivity index (χ1) is 17.0. The van der Waals surface area contributed by atoms with E-state index in [1.54, 1.807) is 23.1 Å². The van der Waals surface area contributed by atoms with E-state index in [0.717, 1.165) is 0 Å². The Morgan fingerprint density at radius 1 is 1.06 bits per heavy atom. The highest BCUT2D eigenvalue weighted by molar-refractivity contribution is 5.98. The fraction of sp³-hybridized carbons (Fsp3) is 0.393. The minimum Gasteiger partial charge on any atom is -0.478 e. The molecule has 3 aromatic rings. The van der Waals surface area contributed by atoms with Gasteiger partial charge in [0.05, 0.1) is 16.5 Å². The number of carbonyl (C=O) groups excluding carboxylic acids is 2. The number of rotatable bonds is 11. The van der Waals surface area contributed by atoms with Gasteiger partial charge in [0.2, 0.25) is 5.91 Å². The van der Waals surface area contributed by atoms with Crippen LogP contribution in [0.3, 0.4) is 0 Å². The maximum absolute atomic E-state index is 13.1. The number of carboxylic acid groups (broad SMARTS) is 1. The van der Waals surface area contributed by atoms with Crippen molar-refractivity contribution < 1.29 is 19.5 Å². The number of para-hydroxylation sites is 1. The van der Waals surface area contributed by atoms with Gasteiger partial charge in [-0.25, -0.2) is 9.78 Å². The van der Waals surface area contributed by atoms with Gasteiger partial charge in [-0.2, -0.15) is 0 Å². The Hall–Kier alpha value is -3.81. The van der Waals surface area contributed by atoms with Crippen molar-refractivity contribution in [2.24, 2.45) is 11.3 Å². The third-order valence-electron chi connectivity index (χ3n) is 6.37. The fourth-order valence-electron chi connectivity index (χ4n) is 4.26. The van der Waals surface area contributed by atoms with Gasteiger partial charge in [0.25, 0.3) is 5.56 Å². The summed E-state index contributed by atoms with van der Waals surface area (Å²) >= 11 is 0. The largest absolute Gasteiger partial charge is 0.478 e. The standard InChI is InChI=1S/C28H33N3O5/c1-5-31(15-14-18(2)25(33)19-10-12-20(13-11-19)27(35)36)24(32)17-28(3,4)16-23-29-22-9-7-6-8-21(22)26(34)30-23/h6-13,18H,5,14-17H2,1-4H3,(H,35,36)(H,29,30,34). The van der Waals surface area contributed by atoms with Gasteiger partial charge in [-0.3, -0.25) is 14.4 Å². The van der Waals surface area contributed by atoms with Crippen molar-refractivity contribution in [2.45, 2.75) is 47.0 Å². The number of nitrogens with one attached hydrogen (secondary N) is 1. The quantitative estimate of drug-likeness (QED) is 0.385. The summed E-state index contributed by atoms with van der Waals surface area (Å²) in [6.45, 7) is 8.63. The normalized spacial score (nSPS) is 12.3.